The molecule has 28 heavy (non-hydrogen) atoms. The number of likely N-dealkylation sites (N-methyl/N-ethyl adjacent to an activating group) is 1. The standard InChI is InChI=1S/C21H19N3O3S/c1-24(12-4-11-22)20(25)14-27-21(26)18-5-2-3-6-19(18)28-15-17-9-7-16(13-23)8-10-17/h2-3,5-10H,4,12,14-15H2,1H3. The summed E-state index contributed by atoms with van der Waals surface area (Å²) in [6.45, 7) is -0.0701. The van der Waals surface area contributed by atoms with E-state index in [1.807, 2.05) is 30.3 Å². The Morgan fingerprint density at radius 1 is 1.11 bits per heavy atom. The van der Waals surface area contributed by atoms with Crippen LogP contribution in [0.25, 0.3) is 0 Å². The van der Waals surface area contributed by atoms with Crippen molar-refractivity contribution in [3.05, 3.63) is 65.2 Å². The molecule has 0 N–H and O–H groups in total. The van der Waals surface area contributed by atoms with Gasteiger partial charge < -0.3 is 9.64 Å². The van der Waals surface area contributed by atoms with Gasteiger partial charge in [-0.05, 0) is 29.8 Å². The number of nitriles is 2. The van der Waals surface area contributed by atoms with Gasteiger partial charge in [0.05, 0.1) is 29.7 Å². The zero-order valence-electron chi connectivity index (χ0n) is 15.4. The lowest BCUT2D eigenvalue weighted by molar-refractivity contribution is -0.133. The van der Waals surface area contributed by atoms with Crippen molar-refractivity contribution in [1.82, 2.24) is 4.90 Å². The third-order valence-electron chi connectivity index (χ3n) is 3.90. The predicted octanol–water partition coefficient (Wildman–Crippen LogP) is 3.38. The molecular weight excluding hydrogens is 374 g/mol. The van der Waals surface area contributed by atoms with Crippen molar-refractivity contribution in [2.45, 2.75) is 17.1 Å². The van der Waals surface area contributed by atoms with E-state index in [9.17, 15) is 9.59 Å². The number of nitrogens with zero attached hydrogens (tertiary/aromatic N) is 3. The molecule has 7 heteroatoms. The lowest BCUT2D eigenvalue weighted by Gasteiger charge is -2.15. The molecule has 142 valence electrons. The van der Waals surface area contributed by atoms with Crippen LogP contribution in [-0.4, -0.2) is 37.0 Å². The highest BCUT2D eigenvalue weighted by Crippen LogP contribution is 2.27. The number of benzene rings is 2. The van der Waals surface area contributed by atoms with Gasteiger partial charge in [-0.1, -0.05) is 24.3 Å². The molecule has 2 aromatic carbocycles. The summed E-state index contributed by atoms with van der Waals surface area (Å²) in [4.78, 5) is 26.5. The van der Waals surface area contributed by atoms with Crippen LogP contribution in [0, 0.1) is 22.7 Å². The molecule has 0 aliphatic carbocycles. The molecule has 2 rings (SSSR count). The second-order valence-corrected chi connectivity index (χ2v) is 6.91. The quantitative estimate of drug-likeness (QED) is 0.504. The van der Waals surface area contributed by atoms with Gasteiger partial charge in [-0.3, -0.25) is 4.79 Å². The molecule has 0 heterocycles. The highest BCUT2D eigenvalue weighted by Gasteiger charge is 2.16. The average Bonchev–Trinajstić information content (AvgIpc) is 2.74. The molecule has 6 nitrogen and oxygen atoms in total. The van der Waals surface area contributed by atoms with Crippen molar-refractivity contribution in [2.75, 3.05) is 20.2 Å². The van der Waals surface area contributed by atoms with Gasteiger partial charge in [0.15, 0.2) is 6.61 Å². The van der Waals surface area contributed by atoms with Gasteiger partial charge in [-0.2, -0.15) is 10.5 Å². The van der Waals surface area contributed by atoms with E-state index in [-0.39, 0.29) is 18.9 Å². The fourth-order valence-corrected chi connectivity index (χ4v) is 3.25. The molecule has 2 aromatic rings. The predicted molar refractivity (Wildman–Crippen MR) is 105 cm³/mol. The van der Waals surface area contributed by atoms with Gasteiger partial charge in [0, 0.05) is 24.2 Å². The number of ether oxygens (including phenoxy) is 1. The van der Waals surface area contributed by atoms with E-state index in [0.717, 1.165) is 10.5 Å². The molecule has 1 amide bonds. The van der Waals surface area contributed by atoms with Crippen LogP contribution in [-0.2, 0) is 15.3 Å². The van der Waals surface area contributed by atoms with Gasteiger partial charge in [0.25, 0.3) is 5.91 Å². The van der Waals surface area contributed by atoms with E-state index in [1.165, 1.54) is 16.7 Å². The molecule has 0 aromatic heterocycles. The lowest BCUT2D eigenvalue weighted by atomic mass is 10.2. The highest BCUT2D eigenvalue weighted by molar-refractivity contribution is 7.98. The molecule has 0 atom stereocenters. The number of amides is 1. The molecule has 0 bridgehead atoms. The maximum absolute atomic E-state index is 12.4. The highest BCUT2D eigenvalue weighted by atomic mass is 32.2. The molecule has 0 aliphatic heterocycles. The summed E-state index contributed by atoms with van der Waals surface area (Å²) < 4.78 is 5.15. The molecule has 0 spiro atoms. The summed E-state index contributed by atoms with van der Waals surface area (Å²) in [7, 11) is 1.56. The summed E-state index contributed by atoms with van der Waals surface area (Å²) in [5.74, 6) is -0.289. The number of thioether (sulfide) groups is 1. The van der Waals surface area contributed by atoms with Gasteiger partial charge in [-0.15, -0.1) is 11.8 Å². The first-order chi connectivity index (χ1) is 13.5. The maximum Gasteiger partial charge on any atom is 0.339 e. The molecule has 0 radical (unpaired) electrons. The van der Waals surface area contributed by atoms with Crippen LogP contribution in [0.1, 0.15) is 27.9 Å². The van der Waals surface area contributed by atoms with E-state index in [4.69, 9.17) is 15.3 Å². The second-order valence-electron chi connectivity index (χ2n) is 5.89. The largest absolute Gasteiger partial charge is 0.452 e. The lowest BCUT2D eigenvalue weighted by Crippen LogP contribution is -2.32. The zero-order valence-corrected chi connectivity index (χ0v) is 16.2. The Morgan fingerprint density at radius 2 is 1.82 bits per heavy atom. The zero-order chi connectivity index (χ0) is 20.4. The van der Waals surface area contributed by atoms with Crippen LogP contribution in [0.5, 0.6) is 0 Å². The van der Waals surface area contributed by atoms with E-state index in [1.54, 1.807) is 31.3 Å². The Morgan fingerprint density at radius 3 is 2.50 bits per heavy atom. The minimum atomic E-state index is -0.565. The normalized spacial score (nSPS) is 9.82. The molecular formula is C21H19N3O3S. The van der Waals surface area contributed by atoms with E-state index in [2.05, 4.69) is 6.07 Å². The number of hydrogen-bond donors (Lipinski definition) is 0. The number of carbonyl (C=O) groups is 2. The molecule has 0 fully saturated rings. The molecule has 0 saturated carbocycles. The van der Waals surface area contributed by atoms with Crippen LogP contribution < -0.4 is 0 Å². The smallest absolute Gasteiger partial charge is 0.339 e. The third kappa shape index (κ3) is 6.15. The van der Waals surface area contributed by atoms with Crippen LogP contribution in [0.2, 0.25) is 0 Å². The van der Waals surface area contributed by atoms with Crippen LogP contribution in [0.15, 0.2) is 53.4 Å². The van der Waals surface area contributed by atoms with E-state index < -0.39 is 5.97 Å². The van der Waals surface area contributed by atoms with Crippen molar-refractivity contribution in [1.29, 1.82) is 10.5 Å². The Kier molecular flexibility index (Phi) is 8.08. The molecule has 0 saturated heterocycles. The van der Waals surface area contributed by atoms with E-state index >= 15 is 0 Å². The summed E-state index contributed by atoms with van der Waals surface area (Å²) in [5.41, 5.74) is 2.03. The van der Waals surface area contributed by atoms with Gasteiger partial charge in [0.2, 0.25) is 0 Å². The minimum absolute atomic E-state index is 0.227. The van der Waals surface area contributed by atoms with Crippen molar-refractivity contribution in [3.8, 4) is 12.1 Å². The van der Waals surface area contributed by atoms with Crippen molar-refractivity contribution in [3.63, 3.8) is 0 Å². The Bertz CT molecular complexity index is 914. The SMILES string of the molecule is CN(CCC#N)C(=O)COC(=O)c1ccccc1SCc1ccc(C#N)cc1. The molecule has 0 aliphatic rings. The number of rotatable bonds is 8. The maximum atomic E-state index is 12.4. The number of hydrogen-bond acceptors (Lipinski definition) is 6. The minimum Gasteiger partial charge on any atom is -0.452 e. The Labute approximate surface area is 168 Å². The monoisotopic (exact) mass is 393 g/mol. The van der Waals surface area contributed by atoms with Crippen molar-refractivity contribution >= 4 is 23.6 Å². The topological polar surface area (TPSA) is 94.2 Å². The van der Waals surface area contributed by atoms with Crippen LogP contribution >= 0.6 is 11.8 Å². The summed E-state index contributed by atoms with van der Waals surface area (Å²) in [6.07, 6.45) is 0.227. The van der Waals surface area contributed by atoms with E-state index in [0.29, 0.717) is 23.4 Å². The average molecular weight is 393 g/mol. The number of esters is 1. The number of carbonyl (C=O) groups excluding carboxylic acids is 2. The van der Waals surface area contributed by atoms with Gasteiger partial charge in [0.1, 0.15) is 0 Å². The molecule has 0 unspecified atom stereocenters. The third-order valence-corrected chi connectivity index (χ3v) is 5.04. The van der Waals surface area contributed by atoms with Gasteiger partial charge >= 0.3 is 5.97 Å². The first kappa shape index (κ1) is 21.0. The first-order valence-electron chi connectivity index (χ1n) is 8.54. The summed E-state index contributed by atoms with van der Waals surface area (Å²) in [6, 6.07) is 18.4. The van der Waals surface area contributed by atoms with Crippen LogP contribution in [0.3, 0.4) is 0 Å². The fourth-order valence-electron chi connectivity index (χ4n) is 2.26. The summed E-state index contributed by atoms with van der Waals surface area (Å²) >= 11 is 1.48. The van der Waals surface area contributed by atoms with Gasteiger partial charge in [-0.25, -0.2) is 4.79 Å². The van der Waals surface area contributed by atoms with Crippen LogP contribution in [0.4, 0.5) is 0 Å². The van der Waals surface area contributed by atoms with Crippen molar-refractivity contribution in [2.24, 2.45) is 0 Å². The Hall–Kier alpha value is -3.29. The Balaban J connectivity index is 1.96. The first-order valence-corrected chi connectivity index (χ1v) is 9.52. The second kappa shape index (κ2) is 10.8. The fraction of sp³-hybridized carbons (Fsp3) is 0.238. The summed E-state index contributed by atoms with van der Waals surface area (Å²) in [5, 5.41) is 17.4. The van der Waals surface area contributed by atoms with Crippen molar-refractivity contribution < 1.29 is 14.3 Å².